The topological polar surface area (TPSA) is 43.7 Å². The lowest BCUT2D eigenvalue weighted by Crippen LogP contribution is -2.38. The number of nitrogens with zero attached hydrogens (tertiary/aromatic N) is 5. The predicted molar refractivity (Wildman–Crippen MR) is 160 cm³/mol. The van der Waals surface area contributed by atoms with Crippen LogP contribution < -0.4 is 9.68 Å². The zero-order valence-corrected chi connectivity index (χ0v) is 23.8. The summed E-state index contributed by atoms with van der Waals surface area (Å²) in [4.78, 5) is 2.37. The molecule has 3 heterocycles. The van der Waals surface area contributed by atoms with Crippen molar-refractivity contribution in [2.75, 3.05) is 43.0 Å². The summed E-state index contributed by atoms with van der Waals surface area (Å²) in [5.41, 5.74) is 8.17. The molecule has 0 unspecified atom stereocenters. The molecule has 0 radical (unpaired) electrons. The molecule has 1 saturated heterocycles. The Morgan fingerprint density at radius 2 is 1.63 bits per heavy atom. The molecule has 196 valence electrons. The molecule has 3 aliphatic rings. The number of anilines is 2. The summed E-state index contributed by atoms with van der Waals surface area (Å²) in [6.45, 7) is 12.0. The molecule has 6 rings (SSSR count). The smallest absolute Gasteiger partial charge is 0.180 e. The van der Waals surface area contributed by atoms with Gasteiger partial charge in [-0.25, -0.2) is 14.2 Å². The van der Waals surface area contributed by atoms with E-state index in [-0.39, 0.29) is 5.41 Å². The maximum atomic E-state index is 5.86. The Morgan fingerprint density at radius 3 is 2.34 bits per heavy atom. The van der Waals surface area contributed by atoms with E-state index in [1.165, 1.54) is 33.4 Å². The number of para-hydroxylation sites is 2. The third-order valence-electron chi connectivity index (χ3n) is 7.95. The number of hydrogen-bond acceptors (Lipinski definition) is 4. The molecule has 0 N–H and O–H groups in total. The average Bonchev–Trinajstić information content (AvgIpc) is 3.39. The van der Waals surface area contributed by atoms with E-state index in [2.05, 4.69) is 128 Å². The molecule has 0 bridgehead atoms. The van der Waals surface area contributed by atoms with E-state index < -0.39 is 7.36 Å². The quantitative estimate of drug-likeness (QED) is 0.333. The molecule has 3 aromatic carbocycles. The van der Waals surface area contributed by atoms with Crippen molar-refractivity contribution in [2.45, 2.75) is 33.1 Å². The van der Waals surface area contributed by atoms with Crippen LogP contribution in [0.25, 0.3) is 0 Å². The SMILES string of the molecule is Cc1ccc(N=[P@]2(N3CCOCC3)/C(=C3/N(C)c4ccccc4C3(C)C)C=NN2c2ccccc2)c(C)c1. The van der Waals surface area contributed by atoms with E-state index in [0.29, 0.717) is 13.2 Å². The van der Waals surface area contributed by atoms with Crippen molar-refractivity contribution in [2.24, 2.45) is 9.85 Å². The van der Waals surface area contributed by atoms with Crippen LogP contribution in [0, 0.1) is 13.8 Å². The number of hydrogen-bond donors (Lipinski definition) is 0. The van der Waals surface area contributed by atoms with Gasteiger partial charge in [-0.1, -0.05) is 67.9 Å². The Morgan fingerprint density at radius 1 is 0.921 bits per heavy atom. The number of benzene rings is 3. The summed E-state index contributed by atoms with van der Waals surface area (Å²) in [6.07, 6.45) is 2.10. The maximum Gasteiger partial charge on any atom is 0.180 e. The summed E-state index contributed by atoms with van der Waals surface area (Å²) in [7, 11) is -0.401. The van der Waals surface area contributed by atoms with E-state index in [9.17, 15) is 0 Å². The fraction of sp³-hybridized carbons (Fsp3) is 0.323. The number of ether oxygens (including phenoxy) is 1. The first kappa shape index (κ1) is 25.1. The molecule has 0 spiro atoms. The second kappa shape index (κ2) is 9.53. The normalized spacial score (nSPS) is 24.7. The molecule has 0 saturated carbocycles. The second-order valence-electron chi connectivity index (χ2n) is 10.8. The second-order valence-corrected chi connectivity index (χ2v) is 13.6. The fourth-order valence-electron chi connectivity index (χ4n) is 6.14. The highest BCUT2D eigenvalue weighted by atomic mass is 31.2. The van der Waals surface area contributed by atoms with Gasteiger partial charge in [0.1, 0.15) is 0 Å². The summed E-state index contributed by atoms with van der Waals surface area (Å²) in [5, 5.41) is 6.38. The van der Waals surface area contributed by atoms with Gasteiger partial charge >= 0.3 is 0 Å². The lowest BCUT2D eigenvalue weighted by molar-refractivity contribution is 0.0743. The number of allylic oxidation sites excluding steroid dienone is 2. The van der Waals surface area contributed by atoms with Gasteiger partial charge in [-0.15, -0.1) is 0 Å². The standard InChI is InChI=1S/C31H36N5OP/c1-23-15-16-27(24(2)21-23)33-38(35-17-19-37-20-18-35)29(22-32-36(38)25-11-7-6-8-12-25)30-31(3,4)26-13-9-10-14-28(26)34(30)5/h6-16,21-22H,17-20H2,1-5H3/b30-29+/t38-/m0/s1. The van der Waals surface area contributed by atoms with Crippen molar-refractivity contribution < 1.29 is 4.74 Å². The highest BCUT2D eigenvalue weighted by Crippen LogP contribution is 2.70. The first-order chi connectivity index (χ1) is 18.3. The monoisotopic (exact) mass is 525 g/mol. The van der Waals surface area contributed by atoms with E-state index in [4.69, 9.17) is 14.6 Å². The third-order valence-corrected chi connectivity index (χ3v) is 11.5. The van der Waals surface area contributed by atoms with Gasteiger partial charge in [-0.2, -0.15) is 5.10 Å². The van der Waals surface area contributed by atoms with Crippen LogP contribution in [0.15, 0.2) is 93.7 Å². The molecule has 0 aromatic heterocycles. The highest BCUT2D eigenvalue weighted by Gasteiger charge is 2.50. The van der Waals surface area contributed by atoms with Gasteiger partial charge in [0.2, 0.25) is 0 Å². The van der Waals surface area contributed by atoms with E-state index in [1.54, 1.807) is 0 Å². The highest BCUT2D eigenvalue weighted by molar-refractivity contribution is 7.71. The van der Waals surface area contributed by atoms with E-state index in [0.717, 1.165) is 24.5 Å². The van der Waals surface area contributed by atoms with Crippen molar-refractivity contribution in [1.29, 1.82) is 0 Å². The van der Waals surface area contributed by atoms with Crippen LogP contribution >= 0.6 is 7.36 Å². The molecule has 7 heteroatoms. The maximum absolute atomic E-state index is 5.86. The Hall–Kier alpha value is -3.18. The predicted octanol–water partition coefficient (Wildman–Crippen LogP) is 7.44. The van der Waals surface area contributed by atoms with Gasteiger partial charge in [0.05, 0.1) is 36.1 Å². The molecular weight excluding hydrogens is 489 g/mol. The van der Waals surface area contributed by atoms with Crippen molar-refractivity contribution >= 4 is 30.6 Å². The molecule has 0 aliphatic carbocycles. The number of morpholine rings is 1. The number of fused-ring (bicyclic) bond motifs is 1. The van der Waals surface area contributed by atoms with Crippen LogP contribution in [-0.4, -0.2) is 44.2 Å². The number of hydrazone groups is 1. The molecular formula is C31H36N5OP. The van der Waals surface area contributed by atoms with Crippen LogP contribution in [0.5, 0.6) is 0 Å². The van der Waals surface area contributed by atoms with Crippen molar-refractivity contribution in [3.8, 4) is 0 Å². The van der Waals surface area contributed by atoms with Gasteiger partial charge in [0, 0.05) is 36.9 Å². The van der Waals surface area contributed by atoms with Crippen LogP contribution in [0.3, 0.4) is 0 Å². The molecule has 1 fully saturated rings. The third kappa shape index (κ3) is 3.86. The van der Waals surface area contributed by atoms with Crippen LogP contribution in [-0.2, 0) is 10.2 Å². The minimum absolute atomic E-state index is 0.200. The zero-order chi connectivity index (χ0) is 26.5. The number of rotatable bonds is 3. The van der Waals surface area contributed by atoms with Crippen LogP contribution in [0.1, 0.15) is 30.5 Å². The van der Waals surface area contributed by atoms with Crippen LogP contribution in [0.2, 0.25) is 0 Å². The van der Waals surface area contributed by atoms with Gasteiger partial charge in [-0.05, 0) is 49.2 Å². The molecule has 1 atom stereocenters. The zero-order valence-electron chi connectivity index (χ0n) is 22.9. The van der Waals surface area contributed by atoms with Gasteiger partial charge < -0.3 is 9.64 Å². The summed E-state index contributed by atoms with van der Waals surface area (Å²) in [5.74, 6) is 0. The van der Waals surface area contributed by atoms with Crippen LogP contribution in [0.4, 0.5) is 17.1 Å². The van der Waals surface area contributed by atoms with Crippen molar-refractivity contribution in [3.05, 3.63) is 100 Å². The summed E-state index contributed by atoms with van der Waals surface area (Å²) in [6, 6.07) is 25.9. The van der Waals surface area contributed by atoms with E-state index in [1.807, 2.05) is 0 Å². The lowest BCUT2D eigenvalue weighted by Gasteiger charge is -2.43. The lowest BCUT2D eigenvalue weighted by atomic mass is 9.84. The summed E-state index contributed by atoms with van der Waals surface area (Å²) < 4.78 is 16.4. The molecule has 3 aliphatic heterocycles. The molecule has 38 heavy (non-hydrogen) atoms. The number of aryl methyl sites for hydroxylation is 2. The Kier molecular flexibility index (Phi) is 6.30. The largest absolute Gasteiger partial charge is 0.379 e. The molecule has 6 nitrogen and oxygen atoms in total. The Bertz CT molecular complexity index is 1490. The summed E-state index contributed by atoms with van der Waals surface area (Å²) >= 11 is 0. The van der Waals surface area contributed by atoms with Gasteiger partial charge in [0.15, 0.2) is 7.36 Å². The van der Waals surface area contributed by atoms with Gasteiger partial charge in [0.25, 0.3) is 0 Å². The minimum atomic E-state index is -2.60. The number of likely N-dealkylation sites (N-methyl/N-ethyl adjacent to an activating group) is 1. The molecule has 3 aromatic rings. The van der Waals surface area contributed by atoms with Gasteiger partial charge in [-0.3, -0.25) is 0 Å². The van der Waals surface area contributed by atoms with Crippen molar-refractivity contribution in [3.63, 3.8) is 0 Å². The first-order valence-electron chi connectivity index (χ1n) is 13.3. The Labute approximate surface area is 226 Å². The molecule has 0 amide bonds. The first-order valence-corrected chi connectivity index (χ1v) is 15.0. The Balaban J connectivity index is 1.70. The van der Waals surface area contributed by atoms with E-state index >= 15 is 0 Å². The van der Waals surface area contributed by atoms with Crippen molar-refractivity contribution in [1.82, 2.24) is 4.67 Å². The average molecular weight is 526 g/mol. The fourth-order valence-corrected chi connectivity index (χ4v) is 10.0. The minimum Gasteiger partial charge on any atom is -0.379 e.